The summed E-state index contributed by atoms with van der Waals surface area (Å²) in [5, 5.41) is 1.82. The van der Waals surface area contributed by atoms with Gasteiger partial charge in [0.15, 0.2) is 11.2 Å². The van der Waals surface area contributed by atoms with Crippen LogP contribution < -0.4 is 16.6 Å². The predicted octanol–water partition coefficient (Wildman–Crippen LogP) is 1.95. The van der Waals surface area contributed by atoms with Crippen molar-refractivity contribution in [1.82, 2.24) is 24.4 Å². The largest absolute Gasteiger partial charge is 0.405 e. The summed E-state index contributed by atoms with van der Waals surface area (Å²) in [7, 11) is 0. The quantitative estimate of drug-likeness (QED) is 0.651. The van der Waals surface area contributed by atoms with Crippen LogP contribution in [0.3, 0.4) is 0 Å². The molecule has 0 radical (unpaired) electrons. The molecule has 0 aromatic carbocycles. The fourth-order valence-corrected chi connectivity index (χ4v) is 3.01. The molecule has 8 nitrogen and oxygen atoms in total. The van der Waals surface area contributed by atoms with Gasteiger partial charge >= 0.3 is 11.9 Å². The molecule has 29 heavy (non-hydrogen) atoms. The third kappa shape index (κ3) is 5.94. The van der Waals surface area contributed by atoms with E-state index in [4.69, 9.17) is 0 Å². The molecule has 2 aromatic rings. The van der Waals surface area contributed by atoms with E-state index >= 15 is 0 Å². The number of aromatic nitrogens is 4. The maximum atomic E-state index is 12.5. The third-order valence-corrected chi connectivity index (χ3v) is 4.31. The van der Waals surface area contributed by atoms with Gasteiger partial charge in [-0.25, -0.2) is 9.78 Å². The van der Waals surface area contributed by atoms with E-state index < -0.39 is 29.9 Å². The first kappa shape index (κ1) is 22.7. The molecule has 0 saturated heterocycles. The molecule has 0 fully saturated rings. The zero-order chi connectivity index (χ0) is 21.8. The molecule has 1 amide bonds. The van der Waals surface area contributed by atoms with Crippen molar-refractivity contribution in [3.8, 4) is 0 Å². The molecule has 2 N–H and O–H groups in total. The normalized spacial score (nSPS) is 12.1. The maximum Gasteiger partial charge on any atom is 0.405 e. The molecule has 0 aliphatic carbocycles. The second kappa shape index (κ2) is 9.27. The van der Waals surface area contributed by atoms with Crippen LogP contribution in [0.2, 0.25) is 0 Å². The molecule has 162 valence electrons. The number of halogens is 3. The summed E-state index contributed by atoms with van der Waals surface area (Å²) in [4.78, 5) is 43.2. The number of alkyl halides is 3. The summed E-state index contributed by atoms with van der Waals surface area (Å²) in [6.07, 6.45) is -3.09. The number of unbranched alkanes of at least 4 members (excludes halogenated alkanes) is 1. The number of nitrogens with zero attached hydrogens (tertiary/aromatic N) is 3. The van der Waals surface area contributed by atoms with Gasteiger partial charge in [0.05, 0.1) is 0 Å². The highest BCUT2D eigenvalue weighted by molar-refractivity contribution is 5.76. The first-order valence-corrected chi connectivity index (χ1v) is 9.59. The van der Waals surface area contributed by atoms with Crippen LogP contribution in [0.15, 0.2) is 9.59 Å². The van der Waals surface area contributed by atoms with E-state index in [1.165, 1.54) is 4.57 Å². The minimum atomic E-state index is -4.48. The first-order valence-electron chi connectivity index (χ1n) is 9.59. The number of aryl methyl sites for hydroxylation is 2. The molecule has 0 atom stereocenters. The highest BCUT2D eigenvalue weighted by Gasteiger charge is 2.27. The van der Waals surface area contributed by atoms with E-state index in [-0.39, 0.29) is 29.9 Å². The molecule has 0 bridgehead atoms. The minimum Gasteiger partial charge on any atom is -0.347 e. The smallest absolute Gasteiger partial charge is 0.347 e. The second-order valence-corrected chi connectivity index (χ2v) is 7.36. The van der Waals surface area contributed by atoms with Gasteiger partial charge in [0.1, 0.15) is 12.4 Å². The Hall–Kier alpha value is -2.59. The van der Waals surface area contributed by atoms with Crippen LogP contribution in [0.25, 0.3) is 11.2 Å². The Balaban J connectivity index is 2.40. The minimum absolute atomic E-state index is 0.0481. The molecule has 0 unspecified atom stereocenters. The molecular weight excluding hydrogens is 391 g/mol. The van der Waals surface area contributed by atoms with Crippen LogP contribution in [0.4, 0.5) is 13.2 Å². The van der Waals surface area contributed by atoms with Crippen molar-refractivity contribution in [2.24, 2.45) is 5.92 Å². The molecular formula is C18H26F3N5O3. The Kier molecular flexibility index (Phi) is 7.26. The van der Waals surface area contributed by atoms with Crippen LogP contribution in [0.5, 0.6) is 0 Å². The van der Waals surface area contributed by atoms with E-state index in [2.05, 4.69) is 9.97 Å². The van der Waals surface area contributed by atoms with Gasteiger partial charge in [-0.3, -0.25) is 19.1 Å². The van der Waals surface area contributed by atoms with Crippen molar-refractivity contribution in [3.63, 3.8) is 0 Å². The average Bonchev–Trinajstić information content (AvgIpc) is 2.95. The van der Waals surface area contributed by atoms with E-state index in [0.29, 0.717) is 25.3 Å². The topological polar surface area (TPSA) is 102 Å². The van der Waals surface area contributed by atoms with Gasteiger partial charge in [-0.15, -0.1) is 0 Å². The summed E-state index contributed by atoms with van der Waals surface area (Å²) in [6.45, 7) is 5.25. The molecule has 0 aliphatic heterocycles. The molecule has 2 aromatic heterocycles. The van der Waals surface area contributed by atoms with E-state index in [1.54, 1.807) is 4.57 Å². The molecule has 0 spiro atoms. The van der Waals surface area contributed by atoms with Gasteiger partial charge < -0.3 is 9.88 Å². The lowest BCUT2D eigenvalue weighted by Gasteiger charge is -2.12. The van der Waals surface area contributed by atoms with Crippen molar-refractivity contribution in [1.29, 1.82) is 0 Å². The predicted molar refractivity (Wildman–Crippen MR) is 102 cm³/mol. The number of hydrogen-bond acceptors (Lipinski definition) is 4. The van der Waals surface area contributed by atoms with Crippen LogP contribution in [-0.2, 0) is 24.3 Å². The monoisotopic (exact) mass is 417 g/mol. The number of carbonyl (C=O) groups is 1. The van der Waals surface area contributed by atoms with Gasteiger partial charge in [0, 0.05) is 25.9 Å². The van der Waals surface area contributed by atoms with Crippen LogP contribution in [0, 0.1) is 5.92 Å². The summed E-state index contributed by atoms with van der Waals surface area (Å²) in [5.74, 6) is -0.236. The Labute approximate surface area is 165 Å². The molecule has 0 aliphatic rings. The van der Waals surface area contributed by atoms with Crippen LogP contribution in [-0.4, -0.2) is 37.7 Å². The van der Waals surface area contributed by atoms with E-state index in [9.17, 15) is 27.6 Å². The zero-order valence-electron chi connectivity index (χ0n) is 16.7. The lowest BCUT2D eigenvalue weighted by Crippen LogP contribution is -2.34. The Morgan fingerprint density at radius 2 is 1.93 bits per heavy atom. The summed E-state index contributed by atoms with van der Waals surface area (Å²) in [6, 6.07) is 0. The molecule has 11 heteroatoms. The highest BCUT2D eigenvalue weighted by atomic mass is 19.4. The van der Waals surface area contributed by atoms with E-state index in [1.807, 2.05) is 26.1 Å². The van der Waals surface area contributed by atoms with Gasteiger partial charge in [-0.2, -0.15) is 13.2 Å². The zero-order valence-corrected chi connectivity index (χ0v) is 16.7. The number of nitrogens with one attached hydrogen (secondary N) is 2. The van der Waals surface area contributed by atoms with Gasteiger partial charge in [-0.1, -0.05) is 27.2 Å². The van der Waals surface area contributed by atoms with Gasteiger partial charge in [0.2, 0.25) is 5.91 Å². The van der Waals surface area contributed by atoms with Crippen LogP contribution in [0.1, 0.15) is 45.9 Å². The SMILES string of the molecule is CCCCn1c(=O)[nH]c(=O)c2c1nc(CCC(=O)NCC(F)(F)F)n2CC(C)C. The molecule has 2 heterocycles. The highest BCUT2D eigenvalue weighted by Crippen LogP contribution is 2.16. The third-order valence-electron chi connectivity index (χ3n) is 4.31. The Bertz CT molecular complexity index is 972. The number of aromatic amines is 1. The molecule has 0 saturated carbocycles. The van der Waals surface area contributed by atoms with Crippen molar-refractivity contribution in [2.45, 2.75) is 65.7 Å². The lowest BCUT2D eigenvalue weighted by molar-refractivity contribution is -0.138. The number of hydrogen-bond donors (Lipinski definition) is 2. The number of fused-ring (bicyclic) bond motifs is 1. The first-order chi connectivity index (χ1) is 13.5. The Morgan fingerprint density at radius 1 is 1.24 bits per heavy atom. The fourth-order valence-electron chi connectivity index (χ4n) is 3.01. The molecule has 2 rings (SSSR count). The number of amides is 1. The summed E-state index contributed by atoms with van der Waals surface area (Å²) >= 11 is 0. The maximum absolute atomic E-state index is 12.5. The van der Waals surface area contributed by atoms with Crippen molar-refractivity contribution < 1.29 is 18.0 Å². The lowest BCUT2D eigenvalue weighted by atomic mass is 10.2. The average molecular weight is 417 g/mol. The second-order valence-electron chi connectivity index (χ2n) is 7.36. The van der Waals surface area contributed by atoms with E-state index in [0.717, 1.165) is 6.42 Å². The number of imidazole rings is 1. The van der Waals surface area contributed by atoms with Crippen molar-refractivity contribution in [3.05, 3.63) is 26.7 Å². The number of H-pyrrole nitrogens is 1. The number of carbonyl (C=O) groups excluding carboxylic acids is 1. The summed E-state index contributed by atoms with van der Waals surface area (Å²) in [5.41, 5.74) is -0.656. The van der Waals surface area contributed by atoms with Crippen molar-refractivity contribution in [2.75, 3.05) is 6.54 Å². The van der Waals surface area contributed by atoms with Gasteiger partial charge in [-0.05, 0) is 12.3 Å². The van der Waals surface area contributed by atoms with Gasteiger partial charge in [0.25, 0.3) is 5.56 Å². The number of rotatable bonds is 9. The Morgan fingerprint density at radius 3 is 2.52 bits per heavy atom. The fraction of sp³-hybridized carbons (Fsp3) is 0.667. The standard InChI is InChI=1S/C18H26F3N5O3/c1-4-5-8-25-15-14(16(28)24-17(25)29)26(9-11(2)3)12(23-15)6-7-13(27)22-10-18(19,20)21/h11H,4-10H2,1-3H3,(H,22,27)(H,24,28,29). The summed E-state index contributed by atoms with van der Waals surface area (Å²) < 4.78 is 39.8. The van der Waals surface area contributed by atoms with Crippen LogP contribution >= 0.6 is 0 Å². The van der Waals surface area contributed by atoms with Crippen molar-refractivity contribution >= 4 is 17.1 Å².